The molecule has 14 heteroatoms. The molecule has 2 aromatic rings. The van der Waals surface area contributed by atoms with Gasteiger partial charge in [-0.1, -0.05) is 13.0 Å². The minimum atomic E-state index is -5.88. The van der Waals surface area contributed by atoms with Crippen molar-refractivity contribution in [3.8, 4) is 17.1 Å². The Morgan fingerprint density at radius 2 is 1.60 bits per heavy atom. The Morgan fingerprint density at radius 1 is 0.967 bits per heavy atom. The number of hydrogen-bond donors (Lipinski definition) is 0. The molecule has 1 aromatic heterocycles. The smallest absolute Gasteiger partial charge is 0.456 e. The van der Waals surface area contributed by atoms with Crippen LogP contribution in [0.1, 0.15) is 12.5 Å². The molecule has 30 heavy (non-hydrogen) atoms. The molecule has 1 aromatic carbocycles. The summed E-state index contributed by atoms with van der Waals surface area (Å²) in [6.07, 6.45) is -10.0. The summed E-state index contributed by atoms with van der Waals surface area (Å²) in [5, 5.41) is 0. The monoisotopic (exact) mass is 464 g/mol. The van der Waals surface area contributed by atoms with Crippen molar-refractivity contribution in [2.24, 2.45) is 0 Å². The van der Waals surface area contributed by atoms with Crippen molar-refractivity contribution in [1.29, 1.82) is 0 Å². The number of rotatable bonds is 6. The van der Waals surface area contributed by atoms with Crippen molar-refractivity contribution in [3.05, 3.63) is 36.2 Å². The molecule has 0 N–H and O–H groups in total. The Labute approximate surface area is 164 Å². The number of hydrogen-bond acceptors (Lipinski definition) is 5. The van der Waals surface area contributed by atoms with Crippen LogP contribution >= 0.6 is 0 Å². The van der Waals surface area contributed by atoms with E-state index in [2.05, 4.69) is 14.7 Å². The molecule has 0 aliphatic heterocycles. The molecule has 0 saturated heterocycles. The topological polar surface area (TPSA) is 69.2 Å². The van der Waals surface area contributed by atoms with Crippen LogP contribution in [-0.4, -0.2) is 42.8 Å². The molecule has 0 aliphatic carbocycles. The summed E-state index contributed by atoms with van der Waals surface area (Å²) in [5.74, 6) is -6.51. The number of ether oxygens (including phenoxy) is 1. The van der Waals surface area contributed by atoms with Gasteiger partial charge < -0.3 is 4.74 Å². The van der Waals surface area contributed by atoms with Crippen LogP contribution in [0.2, 0.25) is 0 Å². The van der Waals surface area contributed by atoms with Crippen LogP contribution < -0.4 is 4.74 Å². The third-order valence-corrected chi connectivity index (χ3v) is 5.53. The van der Waals surface area contributed by atoms with E-state index in [0.717, 1.165) is 12.1 Å². The van der Waals surface area contributed by atoms with E-state index in [1.165, 1.54) is 6.92 Å². The van der Waals surface area contributed by atoms with Crippen LogP contribution in [0.15, 0.2) is 35.5 Å². The quantitative estimate of drug-likeness (QED) is 0.588. The van der Waals surface area contributed by atoms with Crippen molar-refractivity contribution in [2.75, 3.05) is 12.4 Å². The lowest BCUT2D eigenvalue weighted by atomic mass is 10.1. The van der Waals surface area contributed by atoms with E-state index in [9.17, 15) is 43.5 Å². The molecule has 0 saturated carbocycles. The van der Waals surface area contributed by atoms with Crippen molar-refractivity contribution >= 4 is 9.84 Å². The lowest BCUT2D eigenvalue weighted by Crippen LogP contribution is -2.41. The van der Waals surface area contributed by atoms with Gasteiger partial charge in [-0.2, -0.15) is 35.1 Å². The van der Waals surface area contributed by atoms with Crippen LogP contribution in [0.3, 0.4) is 0 Å². The second-order valence-corrected chi connectivity index (χ2v) is 8.09. The summed E-state index contributed by atoms with van der Waals surface area (Å²) in [5.41, 5.74) is -1.94. The van der Waals surface area contributed by atoms with Gasteiger partial charge in [-0.05, 0) is 12.1 Å². The van der Waals surface area contributed by atoms with Gasteiger partial charge in [0.2, 0.25) is 5.88 Å². The molecule has 1 heterocycles. The van der Waals surface area contributed by atoms with Crippen molar-refractivity contribution < 1.29 is 48.3 Å². The van der Waals surface area contributed by atoms with E-state index in [-0.39, 0.29) is 11.3 Å². The zero-order valence-electron chi connectivity index (χ0n) is 14.9. The van der Waals surface area contributed by atoms with Crippen LogP contribution in [0.25, 0.3) is 11.3 Å². The maximum atomic E-state index is 13.0. The fourth-order valence-corrected chi connectivity index (χ4v) is 3.26. The normalized spacial score (nSPS) is 13.4. The maximum Gasteiger partial charge on any atom is 0.456 e. The number of nitrogens with zero attached hydrogens (tertiary/aromatic N) is 2. The van der Waals surface area contributed by atoms with Gasteiger partial charge in [-0.15, -0.1) is 0 Å². The van der Waals surface area contributed by atoms with Crippen LogP contribution in [0.4, 0.5) is 35.1 Å². The Hall–Kier alpha value is -2.51. The highest BCUT2D eigenvalue weighted by Crippen LogP contribution is 2.37. The number of alkyl halides is 8. The third-order valence-electron chi connectivity index (χ3n) is 3.76. The van der Waals surface area contributed by atoms with E-state index in [1.807, 2.05) is 0 Å². The van der Waals surface area contributed by atoms with Crippen molar-refractivity contribution in [3.63, 3.8) is 0 Å². The standard InChI is InChI=1S/C16H12F8N2O3S/c1-2-30(27,28)12-5-9(15(19,20)21)3-4-10(12)11-6-13(26-8-25-11)29-7-14(17,18)16(22,23)24/h3-6,8H,2,7H2,1H3. The lowest BCUT2D eigenvalue weighted by Gasteiger charge is -2.19. The summed E-state index contributed by atoms with van der Waals surface area (Å²) in [4.78, 5) is 6.27. The molecule has 0 spiro atoms. The van der Waals surface area contributed by atoms with Gasteiger partial charge in [-0.3, -0.25) is 0 Å². The number of halogens is 8. The molecular formula is C16H12F8N2O3S. The molecule has 0 atom stereocenters. The first-order valence-corrected chi connectivity index (χ1v) is 9.57. The molecule has 0 unspecified atom stereocenters. The third kappa shape index (κ3) is 5.15. The van der Waals surface area contributed by atoms with E-state index in [4.69, 9.17) is 0 Å². The summed E-state index contributed by atoms with van der Waals surface area (Å²) >= 11 is 0. The van der Waals surface area contributed by atoms with Crippen LogP contribution in [0.5, 0.6) is 5.88 Å². The highest BCUT2D eigenvalue weighted by molar-refractivity contribution is 7.91. The molecule has 166 valence electrons. The van der Waals surface area contributed by atoms with E-state index in [0.29, 0.717) is 18.5 Å². The van der Waals surface area contributed by atoms with Gasteiger partial charge in [0.25, 0.3) is 0 Å². The van der Waals surface area contributed by atoms with E-state index >= 15 is 0 Å². The Morgan fingerprint density at radius 3 is 2.13 bits per heavy atom. The second-order valence-electron chi connectivity index (χ2n) is 5.84. The largest absolute Gasteiger partial charge is 0.471 e. The average Bonchev–Trinajstić information content (AvgIpc) is 2.64. The summed E-state index contributed by atoms with van der Waals surface area (Å²) < 4.78 is 130. The fourth-order valence-electron chi connectivity index (χ4n) is 2.14. The van der Waals surface area contributed by atoms with Gasteiger partial charge in [-0.25, -0.2) is 18.4 Å². The minimum absolute atomic E-state index is 0.334. The maximum absolute atomic E-state index is 13.0. The molecule has 2 rings (SSSR count). The SMILES string of the molecule is CCS(=O)(=O)c1cc(C(F)(F)F)ccc1-c1cc(OCC(F)(F)C(F)(F)F)ncn1. The van der Waals surface area contributed by atoms with Crippen LogP contribution in [0, 0.1) is 0 Å². The van der Waals surface area contributed by atoms with Gasteiger partial charge in [0.1, 0.15) is 6.33 Å². The molecule has 0 aliphatic rings. The Balaban J connectivity index is 2.49. The molecule has 0 amide bonds. The number of aromatic nitrogens is 2. The summed E-state index contributed by atoms with van der Waals surface area (Å²) in [7, 11) is -4.20. The summed E-state index contributed by atoms with van der Waals surface area (Å²) in [6, 6.07) is 2.49. The second kappa shape index (κ2) is 7.96. The van der Waals surface area contributed by atoms with E-state index in [1.54, 1.807) is 0 Å². The molecular weight excluding hydrogens is 452 g/mol. The first-order chi connectivity index (χ1) is 13.6. The Bertz CT molecular complexity index is 1020. The lowest BCUT2D eigenvalue weighted by molar-refractivity contribution is -0.290. The molecule has 0 fully saturated rings. The van der Waals surface area contributed by atoms with Gasteiger partial charge in [0, 0.05) is 11.6 Å². The van der Waals surface area contributed by atoms with E-state index < -0.39 is 56.8 Å². The van der Waals surface area contributed by atoms with Crippen molar-refractivity contribution in [2.45, 2.75) is 30.1 Å². The highest BCUT2D eigenvalue weighted by atomic mass is 32.2. The Kier molecular flexibility index (Phi) is 6.31. The highest BCUT2D eigenvalue weighted by Gasteiger charge is 2.58. The zero-order valence-corrected chi connectivity index (χ0v) is 15.7. The van der Waals surface area contributed by atoms with Crippen LogP contribution in [-0.2, 0) is 16.0 Å². The van der Waals surface area contributed by atoms with Gasteiger partial charge in [0.05, 0.1) is 21.9 Å². The molecule has 5 nitrogen and oxygen atoms in total. The minimum Gasteiger partial charge on any atom is -0.471 e. The number of benzene rings is 1. The van der Waals surface area contributed by atoms with Gasteiger partial charge in [0.15, 0.2) is 16.4 Å². The van der Waals surface area contributed by atoms with Crippen molar-refractivity contribution in [1.82, 2.24) is 9.97 Å². The first-order valence-electron chi connectivity index (χ1n) is 7.92. The molecule has 0 radical (unpaired) electrons. The predicted octanol–water partition coefficient (Wildman–Crippen LogP) is 4.53. The summed E-state index contributed by atoms with van der Waals surface area (Å²) in [6.45, 7) is -0.923. The van der Waals surface area contributed by atoms with Gasteiger partial charge >= 0.3 is 18.3 Å². The average molecular weight is 464 g/mol. The molecule has 0 bridgehead atoms. The zero-order chi connectivity index (χ0) is 23.0. The number of sulfone groups is 1. The first kappa shape index (κ1) is 23.8. The predicted molar refractivity (Wildman–Crippen MR) is 86.7 cm³/mol. The fraction of sp³-hybridized carbons (Fsp3) is 0.375.